The third-order valence-corrected chi connectivity index (χ3v) is 14.0. The first-order valence-corrected chi connectivity index (χ1v) is 27.8. The van der Waals surface area contributed by atoms with E-state index in [0.717, 1.165) is 24.3 Å². The van der Waals surface area contributed by atoms with E-state index in [-0.39, 0.29) is 159 Å². The van der Waals surface area contributed by atoms with Gasteiger partial charge in [-0.1, -0.05) is 42.1 Å². The molecule has 1 atom stereocenters. The number of azo groups is 2. The number of hydrogen-bond donors (Lipinski definition) is 6. The van der Waals surface area contributed by atoms with E-state index in [9.17, 15) is 79.9 Å². The number of carboxylic acid groups (broad SMARTS) is 1. The van der Waals surface area contributed by atoms with Gasteiger partial charge < -0.3 is 38.6 Å². The molecule has 2 heterocycles. The molecule has 0 saturated carbocycles. The van der Waals surface area contributed by atoms with Crippen molar-refractivity contribution in [1.29, 1.82) is 0 Å². The molecular weight excluding hydrogens is 1290 g/mol. The van der Waals surface area contributed by atoms with Gasteiger partial charge in [0.05, 0.1) is 54.8 Å². The maximum atomic E-state index is 13.8. The van der Waals surface area contributed by atoms with Crippen molar-refractivity contribution in [3.8, 4) is 5.75 Å². The van der Waals surface area contributed by atoms with Gasteiger partial charge in [-0.15, -0.1) is 0 Å². The number of hydrogen-bond acceptors (Lipinski definition) is 26. The van der Waals surface area contributed by atoms with Crippen molar-refractivity contribution < 1.29 is 228 Å². The molecule has 82 heavy (non-hydrogen) atoms. The molecule has 0 aliphatic rings. The fourth-order valence-corrected chi connectivity index (χ4v) is 9.23. The number of benzene rings is 5. The predicted molar refractivity (Wildman–Crippen MR) is 248 cm³/mol. The van der Waals surface area contributed by atoms with Crippen molar-refractivity contribution in [1.82, 2.24) is 29.9 Å². The minimum absolute atomic E-state index is 0. The van der Waals surface area contributed by atoms with Crippen LogP contribution < -0.4 is 180 Å². The van der Waals surface area contributed by atoms with Gasteiger partial charge in [0.25, 0.3) is 20.2 Å². The molecule has 32 nitrogen and oxygen atoms in total. The van der Waals surface area contributed by atoms with Crippen molar-refractivity contribution in [3.05, 3.63) is 141 Å². The number of H-pyrrole nitrogens is 4. The van der Waals surface area contributed by atoms with Gasteiger partial charge in [0.1, 0.15) is 40.1 Å². The maximum Gasteiger partial charge on any atom is 1.00 e. The molecule has 0 amide bonds. The van der Waals surface area contributed by atoms with Crippen molar-refractivity contribution in [3.63, 3.8) is 0 Å². The molecule has 0 bridgehead atoms. The molecule has 0 spiro atoms. The molecule has 0 aliphatic carbocycles. The normalized spacial score (nSPS) is 13.4. The van der Waals surface area contributed by atoms with Crippen LogP contribution in [0.4, 0.5) is 34.1 Å². The van der Waals surface area contributed by atoms with Gasteiger partial charge >= 0.3 is 148 Å². The van der Waals surface area contributed by atoms with Gasteiger partial charge in [-0.25, -0.2) is 45.2 Å². The summed E-state index contributed by atoms with van der Waals surface area (Å²) in [5.74, 6) is -3.23. The third kappa shape index (κ3) is 20.3. The summed E-state index contributed by atoms with van der Waals surface area (Å²) in [6, 6.07) is 15.4. The molecule has 402 valence electrons. The van der Waals surface area contributed by atoms with Gasteiger partial charge in [0, 0.05) is 11.1 Å². The number of nitrogens with zero attached hydrogens (tertiary/aromatic N) is 10. The Morgan fingerprint density at radius 1 is 0.512 bits per heavy atom. The second-order valence-corrected chi connectivity index (χ2v) is 22.3. The standard InChI is InChI=1S/C38H28Cl2N14O18S5.5Na/c39-33-45-35(41-18-7-4-8-19(11-18)73(58,59)60)49-36(46-33)42-24-15-29(77(70,71)72)25(16-28(24)76(67,68)69)43-37-47-34(40)48-38(50-37)44-26-13-21(75(64,65)66)14-27(30(26)55)52-54-31(17-5-2-1-3-6-17)53-51-23-10-9-20(74(61,62)63)12-22(23)32(56)57;;;;;/h1-16,31,55H,(H,56,57)(H,58,59,60)(H,61,62,63)(H,64,65,66)(H,67,68,69)(H,70,71,72)(H2,41,42,45,46,49)(H2,43,44,47,48,50);;;;;/q;5*+1/p-5. The van der Waals surface area contributed by atoms with Crippen LogP contribution in [-0.2, 0) is 50.6 Å². The van der Waals surface area contributed by atoms with Crippen LogP contribution in [0.5, 0.6) is 5.75 Å². The molecule has 7 aromatic rings. The van der Waals surface area contributed by atoms with Crippen molar-refractivity contribution >= 4 is 114 Å². The molecule has 0 saturated heterocycles. The maximum absolute atomic E-state index is 13.8. The molecule has 0 aliphatic heterocycles. The zero-order valence-corrected chi connectivity index (χ0v) is 57.6. The summed E-state index contributed by atoms with van der Waals surface area (Å²) in [6.45, 7) is 0. The quantitative estimate of drug-likeness (QED) is 0.0315. The number of aromatic carboxylic acids is 1. The predicted octanol–water partition coefficient (Wildman–Crippen LogP) is -13.7. The number of carbonyl (C=O) groups excluding carboxylic acids is 1. The van der Waals surface area contributed by atoms with Crippen LogP contribution in [0.1, 0.15) is 22.1 Å². The Hall–Kier alpha value is -3.08. The van der Waals surface area contributed by atoms with Crippen LogP contribution in [-0.4, -0.2) is 101 Å². The van der Waals surface area contributed by atoms with Crippen LogP contribution in [0.15, 0.2) is 162 Å². The average Bonchev–Trinajstić information content (AvgIpc) is 3.31. The summed E-state index contributed by atoms with van der Waals surface area (Å²) < 4.78 is 178. The van der Waals surface area contributed by atoms with Crippen LogP contribution in [0.25, 0.3) is 0 Å². The largest absolute Gasteiger partial charge is 1.00 e. The third-order valence-electron chi connectivity index (χ3n) is 9.38. The Kier molecular flexibility index (Phi) is 27.9. The monoisotopic (exact) mass is 1310 g/mol. The topological polar surface area (TPSA) is 531 Å². The van der Waals surface area contributed by atoms with E-state index in [2.05, 4.69) is 70.3 Å². The number of rotatable bonds is 15. The van der Waals surface area contributed by atoms with E-state index in [0.29, 0.717) is 30.3 Å². The summed E-state index contributed by atoms with van der Waals surface area (Å²) in [6.07, 6.45) is -1.60. The van der Waals surface area contributed by atoms with Gasteiger partial charge in [0.2, 0.25) is 39.2 Å². The van der Waals surface area contributed by atoms with E-state index in [4.69, 9.17) is 23.2 Å². The zero-order chi connectivity index (χ0) is 56.4. The molecule has 2 aromatic heterocycles. The molecule has 6 N–H and O–H groups in total. The van der Waals surface area contributed by atoms with E-state index in [1.165, 1.54) is 36.4 Å². The summed E-state index contributed by atoms with van der Waals surface area (Å²) in [5.41, 5.74) is -7.76. The van der Waals surface area contributed by atoms with Gasteiger partial charge in [-0.3, -0.25) is 19.1 Å². The Morgan fingerprint density at radius 2 is 0.976 bits per heavy atom. The zero-order valence-electron chi connectivity index (χ0n) is 42.0. The second kappa shape index (κ2) is 30.5. The molecule has 0 radical (unpaired) electrons. The van der Waals surface area contributed by atoms with Crippen LogP contribution in [0, 0.1) is 0 Å². The van der Waals surface area contributed by atoms with Crippen LogP contribution >= 0.6 is 23.2 Å². The Labute approximate surface area is 581 Å². The van der Waals surface area contributed by atoms with Gasteiger partial charge in [-0.05, 0) is 83.9 Å². The van der Waals surface area contributed by atoms with E-state index in [1.54, 1.807) is 6.07 Å². The number of aromatic nitrogens is 6. The minimum Gasteiger partial charge on any atom is -0.870 e. The fourth-order valence-electron chi connectivity index (χ4n) is 6.11. The number of carboxylic acids is 1. The van der Waals surface area contributed by atoms with Crippen molar-refractivity contribution in [2.45, 2.75) is 30.6 Å². The first-order chi connectivity index (χ1) is 35.8. The fraction of sp³-hybridized carbons (Fsp3) is 0.0263. The smallest absolute Gasteiger partial charge is 0.870 e. The first kappa shape index (κ1) is 75.0. The molecular formula is C38H23Cl2N14Na5O18S5. The van der Waals surface area contributed by atoms with Gasteiger partial charge in [-0.2, -0.15) is 47.3 Å². The molecule has 44 heteroatoms. The Balaban J connectivity index is 0.00000459. The van der Waals surface area contributed by atoms with Crippen molar-refractivity contribution in [2.24, 2.45) is 40.4 Å². The number of nitrogens with one attached hydrogen (secondary N) is 4. The second-order valence-electron chi connectivity index (χ2n) is 14.7. The summed E-state index contributed by atoms with van der Waals surface area (Å²) in [7, 11) is -26.4. The number of carbonyl (C=O) groups is 1. The Bertz CT molecular complexity index is 4560. The average molecular weight is 1310 g/mol. The SMILES string of the molecule is O=C([O-])c1cc(S(=O)(=O)[O-])ccc1N=NC(N=Nc1cc(S(=O)(=O)[O-])cc(N=c2[nH]c(Cl)nc(=Nc3cc(S(=O)(=O)O)c(N=c4[nH]c(Cl)nc(=Nc5cccc(S(=O)(=O)[O-])c5)[nH]4)cc3S(=O)(=O)O)[nH]2)c1[O-])c1ccccc1.[Na+].[Na+].[Na+].[Na+].[Na+]. The minimum atomic E-state index is -5.47. The van der Waals surface area contributed by atoms with Crippen LogP contribution in [0.3, 0.4) is 0 Å². The molecule has 0 fully saturated rings. The molecule has 5 aromatic carbocycles. The summed E-state index contributed by atoms with van der Waals surface area (Å²) in [5, 5.41) is 39.8. The molecule has 7 rings (SSSR count). The number of aromatic amines is 4. The molecule has 1 unspecified atom stereocenters. The summed E-state index contributed by atoms with van der Waals surface area (Å²) in [4.78, 5) is 39.3. The van der Waals surface area contributed by atoms with E-state index >= 15 is 0 Å². The number of halogens is 2. The van der Waals surface area contributed by atoms with Crippen molar-refractivity contribution in [2.75, 3.05) is 0 Å². The van der Waals surface area contributed by atoms with Crippen LogP contribution in [0.2, 0.25) is 10.6 Å². The van der Waals surface area contributed by atoms with E-state index in [1.807, 2.05) is 0 Å². The van der Waals surface area contributed by atoms with Gasteiger partial charge in [0.15, 0.2) is 0 Å². The van der Waals surface area contributed by atoms with E-state index < -0.39 is 160 Å². The summed E-state index contributed by atoms with van der Waals surface area (Å²) >= 11 is 12.2. The Morgan fingerprint density at radius 3 is 1.48 bits per heavy atom. The first-order valence-electron chi connectivity index (χ1n) is 19.9.